The Morgan fingerprint density at radius 2 is 1.97 bits per heavy atom. The lowest BCUT2D eigenvalue weighted by molar-refractivity contribution is -0.146. The van der Waals surface area contributed by atoms with Crippen molar-refractivity contribution in [1.29, 1.82) is 0 Å². The number of guanidine groups is 1. The topological polar surface area (TPSA) is 66.4 Å². The van der Waals surface area contributed by atoms with Gasteiger partial charge in [-0.25, -0.2) is 0 Å². The van der Waals surface area contributed by atoms with Gasteiger partial charge in [-0.15, -0.1) is 24.0 Å². The lowest BCUT2D eigenvalue weighted by Crippen LogP contribution is -2.46. The van der Waals surface area contributed by atoms with Gasteiger partial charge in [0.2, 0.25) is 0 Å². The number of carbonyl (C=O) groups is 1. The number of nitrogens with one attached hydrogen (secondary N) is 1. The van der Waals surface area contributed by atoms with E-state index in [-0.39, 0.29) is 35.9 Å². The van der Waals surface area contributed by atoms with Crippen molar-refractivity contribution >= 4 is 41.6 Å². The molecule has 1 aromatic rings. The highest BCUT2D eigenvalue weighted by molar-refractivity contribution is 14.0. The van der Waals surface area contributed by atoms with Crippen LogP contribution in [0.5, 0.6) is 5.75 Å². The predicted molar refractivity (Wildman–Crippen MR) is 131 cm³/mol. The molecule has 0 bridgehead atoms. The number of anilines is 1. The van der Waals surface area contributed by atoms with Crippen molar-refractivity contribution in [2.45, 2.75) is 26.2 Å². The van der Waals surface area contributed by atoms with Crippen molar-refractivity contribution < 1.29 is 14.3 Å². The number of hydrogen-bond acceptors (Lipinski definition) is 5. The number of piperidine rings is 1. The Morgan fingerprint density at radius 1 is 1.20 bits per heavy atom. The van der Waals surface area contributed by atoms with E-state index in [2.05, 4.69) is 34.2 Å². The van der Waals surface area contributed by atoms with Gasteiger partial charge in [-0.05, 0) is 44.2 Å². The fourth-order valence-electron chi connectivity index (χ4n) is 4.16. The molecule has 0 saturated carbocycles. The van der Waals surface area contributed by atoms with E-state index in [1.54, 1.807) is 7.11 Å². The van der Waals surface area contributed by atoms with Crippen LogP contribution in [0.1, 0.15) is 26.2 Å². The van der Waals surface area contributed by atoms with Gasteiger partial charge < -0.3 is 24.6 Å². The molecule has 0 aromatic heterocycles. The summed E-state index contributed by atoms with van der Waals surface area (Å²) in [6.07, 6.45) is 2.79. The van der Waals surface area contributed by atoms with Gasteiger partial charge in [-0.1, -0.05) is 6.07 Å². The number of hydrogen-bond donors (Lipinski definition) is 1. The summed E-state index contributed by atoms with van der Waals surface area (Å²) >= 11 is 0. The van der Waals surface area contributed by atoms with Gasteiger partial charge in [0.1, 0.15) is 5.75 Å². The van der Waals surface area contributed by atoms with Crippen molar-refractivity contribution in [3.63, 3.8) is 0 Å². The standard InChI is InChI=1S/C22H34N4O3.HI/c1-4-23-22(25-12-9-18(10-13-25)21(27)29-3)24-15-17-8-11-26(16-17)19-6-5-7-20(14-19)28-2;/h5-7,14,17-18H,4,8-13,15-16H2,1-3H3,(H,23,24);1H. The van der Waals surface area contributed by atoms with E-state index in [0.717, 1.165) is 70.2 Å². The van der Waals surface area contributed by atoms with Crippen LogP contribution in [0.25, 0.3) is 0 Å². The number of halogens is 1. The summed E-state index contributed by atoms with van der Waals surface area (Å²) in [6, 6.07) is 8.26. The molecule has 3 rings (SSSR count). The number of nitrogens with zero attached hydrogens (tertiary/aromatic N) is 3. The fraction of sp³-hybridized carbons (Fsp3) is 0.636. The van der Waals surface area contributed by atoms with E-state index in [1.165, 1.54) is 12.8 Å². The lowest BCUT2D eigenvalue weighted by atomic mass is 9.97. The SMILES string of the molecule is CCNC(=NCC1CCN(c2cccc(OC)c2)C1)N1CCC(C(=O)OC)CC1.I. The normalized spacial score (nSPS) is 20.0. The highest BCUT2D eigenvalue weighted by atomic mass is 127. The summed E-state index contributed by atoms with van der Waals surface area (Å²) < 4.78 is 10.2. The number of rotatable bonds is 6. The first-order valence-electron chi connectivity index (χ1n) is 10.6. The summed E-state index contributed by atoms with van der Waals surface area (Å²) in [4.78, 5) is 21.4. The molecule has 2 aliphatic heterocycles. The van der Waals surface area contributed by atoms with Gasteiger partial charge >= 0.3 is 5.97 Å². The van der Waals surface area contributed by atoms with Crippen molar-refractivity contribution in [1.82, 2.24) is 10.2 Å². The van der Waals surface area contributed by atoms with Crippen LogP contribution in [-0.4, -0.2) is 70.3 Å². The minimum atomic E-state index is -0.0878. The van der Waals surface area contributed by atoms with Crippen LogP contribution < -0.4 is 15.0 Å². The van der Waals surface area contributed by atoms with Crippen molar-refractivity contribution in [3.05, 3.63) is 24.3 Å². The van der Waals surface area contributed by atoms with Crippen LogP contribution in [0.4, 0.5) is 5.69 Å². The molecular weight excluding hydrogens is 495 g/mol. The predicted octanol–water partition coefficient (Wildman–Crippen LogP) is 2.99. The second-order valence-electron chi connectivity index (χ2n) is 7.78. The lowest BCUT2D eigenvalue weighted by Gasteiger charge is -2.33. The molecule has 8 heteroatoms. The average Bonchev–Trinajstić information content (AvgIpc) is 3.25. The maximum atomic E-state index is 11.8. The molecular formula is C22H35IN4O3. The molecule has 0 amide bonds. The Kier molecular flexibility index (Phi) is 10.0. The van der Waals surface area contributed by atoms with E-state index in [4.69, 9.17) is 14.5 Å². The summed E-state index contributed by atoms with van der Waals surface area (Å²) in [7, 11) is 3.17. The zero-order valence-electron chi connectivity index (χ0n) is 18.3. The Balaban J connectivity index is 0.00000320. The molecule has 2 fully saturated rings. The maximum absolute atomic E-state index is 11.8. The third-order valence-corrected chi connectivity index (χ3v) is 5.87. The van der Waals surface area contributed by atoms with E-state index in [1.807, 2.05) is 12.1 Å². The number of methoxy groups -OCH3 is 2. The molecule has 0 spiro atoms. The summed E-state index contributed by atoms with van der Waals surface area (Å²) in [5, 5.41) is 3.42. The van der Waals surface area contributed by atoms with Gasteiger partial charge in [0.05, 0.1) is 20.1 Å². The highest BCUT2D eigenvalue weighted by Crippen LogP contribution is 2.27. The van der Waals surface area contributed by atoms with Crippen molar-refractivity contribution in [2.75, 3.05) is 58.4 Å². The molecule has 2 aliphatic rings. The molecule has 1 atom stereocenters. The Labute approximate surface area is 197 Å². The molecule has 7 nitrogen and oxygen atoms in total. The molecule has 0 aliphatic carbocycles. The van der Waals surface area contributed by atoms with Gasteiger partial charge in [0.15, 0.2) is 5.96 Å². The van der Waals surface area contributed by atoms with Gasteiger partial charge in [0, 0.05) is 51.0 Å². The van der Waals surface area contributed by atoms with Crippen LogP contribution in [0.15, 0.2) is 29.3 Å². The quantitative estimate of drug-likeness (QED) is 0.264. The van der Waals surface area contributed by atoms with Crippen molar-refractivity contribution in [3.8, 4) is 5.75 Å². The number of likely N-dealkylation sites (tertiary alicyclic amines) is 1. The van der Waals surface area contributed by atoms with Gasteiger partial charge in [-0.2, -0.15) is 0 Å². The number of carbonyl (C=O) groups excluding carboxylic acids is 1. The molecule has 30 heavy (non-hydrogen) atoms. The minimum Gasteiger partial charge on any atom is -0.497 e. The van der Waals surface area contributed by atoms with E-state index >= 15 is 0 Å². The summed E-state index contributed by atoms with van der Waals surface area (Å²) in [6.45, 7) is 7.50. The van der Waals surface area contributed by atoms with Crippen LogP contribution >= 0.6 is 24.0 Å². The van der Waals surface area contributed by atoms with E-state index in [0.29, 0.717) is 5.92 Å². The first-order chi connectivity index (χ1) is 14.1. The fourth-order valence-corrected chi connectivity index (χ4v) is 4.16. The first-order valence-corrected chi connectivity index (χ1v) is 10.6. The number of aliphatic imine (C=N–C) groups is 1. The number of esters is 1. The Morgan fingerprint density at radius 3 is 2.63 bits per heavy atom. The molecule has 168 valence electrons. The van der Waals surface area contributed by atoms with Gasteiger partial charge in [-0.3, -0.25) is 9.79 Å². The minimum absolute atomic E-state index is 0. The van der Waals surface area contributed by atoms with Gasteiger partial charge in [0.25, 0.3) is 0 Å². The molecule has 1 N–H and O–H groups in total. The van der Waals surface area contributed by atoms with Crippen LogP contribution in [-0.2, 0) is 9.53 Å². The zero-order chi connectivity index (χ0) is 20.6. The first kappa shape index (κ1) is 24.6. The Bertz CT molecular complexity index is 707. The second-order valence-corrected chi connectivity index (χ2v) is 7.78. The summed E-state index contributed by atoms with van der Waals surface area (Å²) in [5.41, 5.74) is 1.22. The molecule has 1 aromatic carbocycles. The Hall–Kier alpha value is -1.71. The van der Waals surface area contributed by atoms with Crippen LogP contribution in [0.2, 0.25) is 0 Å². The molecule has 2 heterocycles. The average molecular weight is 530 g/mol. The second kappa shape index (κ2) is 12.2. The monoisotopic (exact) mass is 530 g/mol. The van der Waals surface area contributed by atoms with Crippen molar-refractivity contribution in [2.24, 2.45) is 16.8 Å². The maximum Gasteiger partial charge on any atom is 0.308 e. The molecule has 2 saturated heterocycles. The zero-order valence-corrected chi connectivity index (χ0v) is 20.6. The summed E-state index contributed by atoms with van der Waals surface area (Å²) in [5.74, 6) is 2.34. The number of ether oxygens (including phenoxy) is 2. The molecule has 1 unspecified atom stereocenters. The highest BCUT2D eigenvalue weighted by Gasteiger charge is 2.28. The third kappa shape index (κ3) is 6.39. The molecule has 0 radical (unpaired) electrons. The van der Waals surface area contributed by atoms with E-state index in [9.17, 15) is 4.79 Å². The smallest absolute Gasteiger partial charge is 0.308 e. The number of benzene rings is 1. The van der Waals surface area contributed by atoms with Crippen LogP contribution in [0, 0.1) is 11.8 Å². The van der Waals surface area contributed by atoms with E-state index < -0.39 is 0 Å². The van der Waals surface area contributed by atoms with Crippen LogP contribution in [0.3, 0.4) is 0 Å². The third-order valence-electron chi connectivity index (χ3n) is 5.87. The largest absolute Gasteiger partial charge is 0.497 e.